The van der Waals surface area contributed by atoms with Gasteiger partial charge in [0.1, 0.15) is 11.8 Å². The Kier molecular flexibility index (Phi) is 4.75. The second kappa shape index (κ2) is 8.44. The van der Waals surface area contributed by atoms with E-state index in [-0.39, 0.29) is 62.2 Å². The first-order valence-electron chi connectivity index (χ1n) is 12.2. The minimum Gasteiger partial charge on any atom is -0.393 e. The van der Waals surface area contributed by atoms with Crippen molar-refractivity contribution in [3.63, 3.8) is 0 Å². The lowest BCUT2D eigenvalue weighted by atomic mass is 9.90. The molecule has 1 aliphatic heterocycles. The molecule has 0 amide bonds. The van der Waals surface area contributed by atoms with E-state index in [1.54, 1.807) is 0 Å². The first kappa shape index (κ1) is 17.4. The maximum atomic E-state index is 15.0. The van der Waals surface area contributed by atoms with Crippen LogP contribution in [0.4, 0.5) is 10.3 Å². The van der Waals surface area contributed by atoms with Crippen LogP contribution in [-0.4, -0.2) is 70.0 Å². The SMILES string of the molecule is [2H]C1(Nc2ncc3cc(C([2H])([2H])[2H])c(=O)n([C@H]4C[C@H](O)CC[C@@H]4F)c3n2)CCN(S(C)(=O)=O)CC1. The minimum atomic E-state index is -3.38. The molecule has 2 fully saturated rings. The van der Waals surface area contributed by atoms with E-state index in [2.05, 4.69) is 15.3 Å². The summed E-state index contributed by atoms with van der Waals surface area (Å²) in [6.07, 6.45) is 0.575. The number of pyridine rings is 1. The number of alkyl halides is 1. The maximum Gasteiger partial charge on any atom is 0.255 e. The van der Waals surface area contributed by atoms with Crippen LogP contribution in [0.3, 0.4) is 0 Å². The number of hydrogen-bond donors (Lipinski definition) is 2. The number of hydrogen-bond acceptors (Lipinski definition) is 7. The highest BCUT2D eigenvalue weighted by atomic mass is 32.2. The Morgan fingerprint density at radius 2 is 2.06 bits per heavy atom. The molecule has 1 saturated carbocycles. The van der Waals surface area contributed by atoms with Crippen molar-refractivity contribution in [2.75, 3.05) is 24.7 Å². The summed E-state index contributed by atoms with van der Waals surface area (Å²) in [5.41, 5.74) is -1.41. The monoisotopic (exact) mass is 457 g/mol. The summed E-state index contributed by atoms with van der Waals surface area (Å²) in [7, 11) is -3.38. The predicted molar refractivity (Wildman–Crippen MR) is 115 cm³/mol. The summed E-state index contributed by atoms with van der Waals surface area (Å²) < 4.78 is 72.7. The fourth-order valence-electron chi connectivity index (χ4n) is 4.21. The summed E-state index contributed by atoms with van der Waals surface area (Å²) in [5.74, 6) is -0.0261. The van der Waals surface area contributed by atoms with Crippen molar-refractivity contribution in [2.24, 2.45) is 0 Å². The Morgan fingerprint density at radius 1 is 1.32 bits per heavy atom. The van der Waals surface area contributed by atoms with Gasteiger partial charge in [0.05, 0.1) is 19.8 Å². The highest BCUT2D eigenvalue weighted by molar-refractivity contribution is 7.88. The summed E-state index contributed by atoms with van der Waals surface area (Å²) in [6.45, 7) is -2.47. The summed E-state index contributed by atoms with van der Waals surface area (Å²) in [4.78, 5) is 21.8. The van der Waals surface area contributed by atoms with Gasteiger partial charge in [0.25, 0.3) is 5.56 Å². The zero-order valence-corrected chi connectivity index (χ0v) is 17.9. The molecule has 1 aliphatic carbocycles. The summed E-state index contributed by atoms with van der Waals surface area (Å²) in [5, 5.41) is 13.2. The first-order chi connectivity index (χ1) is 16.2. The Bertz CT molecular complexity index is 1280. The van der Waals surface area contributed by atoms with Crippen molar-refractivity contribution in [3.05, 3.63) is 28.2 Å². The standard InChI is InChI=1S/C20H28FN5O4S/c1-12-9-13-11-22-20(23-14-5-7-25(8-6-14)31(2,29)30)24-18(13)26(19(12)28)17-10-15(27)3-4-16(17)21/h9,11,14-17,27H,3-8,10H2,1-2H3,(H,22,23,24)/t15-,16+,17+/m1/s1/i1D3,14D. The molecule has 9 nitrogen and oxygen atoms in total. The molecule has 170 valence electrons. The second-order valence-corrected chi connectivity index (χ2v) is 10.1. The largest absolute Gasteiger partial charge is 0.393 e. The molecule has 2 N–H and O–H groups in total. The van der Waals surface area contributed by atoms with Gasteiger partial charge in [0.15, 0.2) is 0 Å². The third kappa shape index (κ3) is 4.58. The highest BCUT2D eigenvalue weighted by Gasteiger charge is 2.33. The molecular weight excluding hydrogens is 425 g/mol. The lowest BCUT2D eigenvalue weighted by Crippen LogP contribution is -2.42. The third-order valence-corrected chi connectivity index (χ3v) is 7.20. The van der Waals surface area contributed by atoms with E-state index >= 15 is 0 Å². The minimum absolute atomic E-state index is 0.000535. The van der Waals surface area contributed by atoms with Crippen LogP contribution in [0.1, 0.15) is 49.2 Å². The van der Waals surface area contributed by atoms with Gasteiger partial charge in [0.2, 0.25) is 16.0 Å². The number of nitrogens with zero attached hydrogens (tertiary/aromatic N) is 4. The van der Waals surface area contributed by atoms with Gasteiger partial charge in [-0.05, 0) is 45.0 Å². The lowest BCUT2D eigenvalue weighted by Gasteiger charge is -2.32. The number of rotatable bonds is 4. The molecular formula is C20H28FN5O4S. The number of nitrogens with one attached hydrogen (secondary N) is 1. The molecule has 0 spiro atoms. The molecule has 3 heterocycles. The summed E-state index contributed by atoms with van der Waals surface area (Å²) >= 11 is 0. The zero-order valence-electron chi connectivity index (χ0n) is 21.1. The zero-order chi connectivity index (χ0) is 25.8. The highest BCUT2D eigenvalue weighted by Crippen LogP contribution is 2.32. The Labute approximate surface area is 186 Å². The van der Waals surface area contributed by atoms with Crippen LogP contribution in [0.5, 0.6) is 0 Å². The predicted octanol–water partition coefficient (Wildman–Crippen LogP) is 1.36. The van der Waals surface area contributed by atoms with Crippen molar-refractivity contribution >= 4 is 27.0 Å². The molecule has 2 aromatic heterocycles. The number of aryl methyl sites for hydroxylation is 1. The van der Waals surface area contributed by atoms with E-state index in [1.165, 1.54) is 16.6 Å². The van der Waals surface area contributed by atoms with E-state index in [0.29, 0.717) is 0 Å². The van der Waals surface area contributed by atoms with Crippen LogP contribution in [0, 0.1) is 6.85 Å². The molecule has 2 aliphatic rings. The Hall–Kier alpha value is -2.11. The molecule has 0 aromatic carbocycles. The topological polar surface area (TPSA) is 117 Å². The summed E-state index contributed by atoms with van der Waals surface area (Å²) in [6, 6.07) is -1.22. The van der Waals surface area contributed by atoms with Crippen LogP contribution in [0.25, 0.3) is 11.0 Å². The van der Waals surface area contributed by atoms with Crippen molar-refractivity contribution < 1.29 is 23.4 Å². The quantitative estimate of drug-likeness (QED) is 0.712. The maximum absolute atomic E-state index is 15.0. The van der Waals surface area contributed by atoms with Gasteiger partial charge in [-0.15, -0.1) is 0 Å². The third-order valence-electron chi connectivity index (χ3n) is 5.90. The van der Waals surface area contributed by atoms with Gasteiger partial charge in [-0.25, -0.2) is 22.1 Å². The molecule has 3 atom stereocenters. The molecule has 11 heteroatoms. The first-order valence-corrected chi connectivity index (χ1v) is 12.0. The number of aromatic nitrogens is 3. The average molecular weight is 458 g/mol. The van der Waals surface area contributed by atoms with Crippen LogP contribution >= 0.6 is 0 Å². The molecule has 1 saturated heterocycles. The number of fused-ring (bicyclic) bond motifs is 1. The van der Waals surface area contributed by atoms with Crippen LogP contribution < -0.4 is 10.9 Å². The molecule has 0 bridgehead atoms. The number of piperidine rings is 1. The lowest BCUT2D eigenvalue weighted by molar-refractivity contribution is 0.0555. The normalized spacial score (nSPS) is 29.6. The van der Waals surface area contributed by atoms with E-state index < -0.39 is 52.3 Å². The van der Waals surface area contributed by atoms with Crippen molar-refractivity contribution in [1.82, 2.24) is 18.8 Å². The van der Waals surface area contributed by atoms with E-state index in [9.17, 15) is 22.7 Å². The fraction of sp³-hybridized carbons (Fsp3) is 0.650. The van der Waals surface area contributed by atoms with Gasteiger partial charge < -0.3 is 10.4 Å². The van der Waals surface area contributed by atoms with Crippen LogP contribution in [0.15, 0.2) is 17.1 Å². The molecule has 31 heavy (non-hydrogen) atoms. The Balaban J connectivity index is 1.76. The average Bonchev–Trinajstić information content (AvgIpc) is 2.74. The molecule has 2 aromatic rings. The number of anilines is 1. The van der Waals surface area contributed by atoms with Gasteiger partial charge in [-0.2, -0.15) is 4.98 Å². The van der Waals surface area contributed by atoms with Gasteiger partial charge in [0, 0.05) is 40.4 Å². The van der Waals surface area contributed by atoms with E-state index in [0.717, 1.165) is 10.8 Å². The molecule has 4 rings (SSSR count). The van der Waals surface area contributed by atoms with Gasteiger partial charge >= 0.3 is 0 Å². The number of aliphatic hydroxyl groups excluding tert-OH is 1. The number of aliphatic hydroxyl groups is 1. The molecule has 0 unspecified atom stereocenters. The smallest absolute Gasteiger partial charge is 0.255 e. The van der Waals surface area contributed by atoms with Gasteiger partial charge in [-0.3, -0.25) is 9.36 Å². The Morgan fingerprint density at radius 3 is 2.74 bits per heavy atom. The van der Waals surface area contributed by atoms with Crippen LogP contribution in [-0.2, 0) is 10.0 Å². The fourth-order valence-corrected chi connectivity index (χ4v) is 5.06. The van der Waals surface area contributed by atoms with E-state index in [1.807, 2.05) is 0 Å². The van der Waals surface area contributed by atoms with Crippen molar-refractivity contribution in [2.45, 2.75) is 63.3 Å². The van der Waals surface area contributed by atoms with Crippen LogP contribution in [0.2, 0.25) is 0 Å². The number of halogens is 1. The van der Waals surface area contributed by atoms with Crippen molar-refractivity contribution in [3.8, 4) is 0 Å². The molecule has 0 radical (unpaired) electrons. The van der Waals surface area contributed by atoms with Crippen molar-refractivity contribution in [1.29, 1.82) is 0 Å². The van der Waals surface area contributed by atoms with Gasteiger partial charge in [-0.1, -0.05) is 0 Å². The second-order valence-electron chi connectivity index (χ2n) is 8.15. The number of sulfonamides is 1. The van der Waals surface area contributed by atoms with E-state index in [4.69, 9.17) is 5.48 Å².